The monoisotopic (exact) mass is 240 g/mol. The SMILES string of the molecule is CCC(CNC(C)(C)C)Cc1nc(C)cs1. The van der Waals surface area contributed by atoms with E-state index in [4.69, 9.17) is 0 Å². The molecule has 92 valence electrons. The van der Waals surface area contributed by atoms with Crippen LogP contribution in [-0.2, 0) is 6.42 Å². The molecule has 1 aromatic heterocycles. The number of hydrogen-bond donors (Lipinski definition) is 1. The first-order valence-corrected chi connectivity index (χ1v) is 6.94. The quantitative estimate of drug-likeness (QED) is 0.853. The van der Waals surface area contributed by atoms with Gasteiger partial charge in [0.1, 0.15) is 0 Å². The second kappa shape index (κ2) is 5.78. The molecule has 1 N–H and O–H groups in total. The summed E-state index contributed by atoms with van der Waals surface area (Å²) in [6, 6.07) is 0. The van der Waals surface area contributed by atoms with E-state index in [1.807, 2.05) is 0 Å². The normalized spacial score (nSPS) is 14.1. The molecule has 1 rings (SSSR count). The topological polar surface area (TPSA) is 24.9 Å². The third-order valence-electron chi connectivity index (χ3n) is 2.63. The molecule has 1 heterocycles. The van der Waals surface area contributed by atoms with Crippen LogP contribution >= 0.6 is 11.3 Å². The lowest BCUT2D eigenvalue weighted by molar-refractivity contribution is 0.363. The minimum absolute atomic E-state index is 0.214. The number of nitrogens with one attached hydrogen (secondary N) is 1. The van der Waals surface area contributed by atoms with Gasteiger partial charge in [0, 0.05) is 23.0 Å². The van der Waals surface area contributed by atoms with E-state index >= 15 is 0 Å². The summed E-state index contributed by atoms with van der Waals surface area (Å²) < 4.78 is 0. The molecular formula is C13H24N2S. The predicted molar refractivity (Wildman–Crippen MR) is 72.1 cm³/mol. The summed E-state index contributed by atoms with van der Waals surface area (Å²) in [7, 11) is 0. The molecule has 1 atom stereocenters. The van der Waals surface area contributed by atoms with Crippen molar-refractivity contribution in [2.45, 2.75) is 53.0 Å². The van der Waals surface area contributed by atoms with Gasteiger partial charge in [0.2, 0.25) is 0 Å². The summed E-state index contributed by atoms with van der Waals surface area (Å²) in [4.78, 5) is 4.53. The van der Waals surface area contributed by atoms with Crippen LogP contribution in [0.5, 0.6) is 0 Å². The van der Waals surface area contributed by atoms with Crippen LogP contribution in [0.15, 0.2) is 5.38 Å². The molecule has 0 aromatic carbocycles. The van der Waals surface area contributed by atoms with E-state index in [1.165, 1.54) is 11.4 Å². The highest BCUT2D eigenvalue weighted by Gasteiger charge is 2.14. The molecule has 16 heavy (non-hydrogen) atoms. The number of rotatable bonds is 5. The van der Waals surface area contributed by atoms with Crippen molar-refractivity contribution in [1.82, 2.24) is 10.3 Å². The Bertz CT molecular complexity index is 312. The van der Waals surface area contributed by atoms with Crippen LogP contribution in [0.2, 0.25) is 0 Å². The van der Waals surface area contributed by atoms with Crippen molar-refractivity contribution in [3.05, 3.63) is 16.1 Å². The standard InChI is InChI=1S/C13H24N2S/c1-6-11(8-14-13(3,4)5)7-12-15-10(2)9-16-12/h9,11,14H,6-8H2,1-5H3. The lowest BCUT2D eigenvalue weighted by atomic mass is 10.0. The van der Waals surface area contributed by atoms with Gasteiger partial charge in [-0.1, -0.05) is 13.3 Å². The van der Waals surface area contributed by atoms with E-state index in [0.717, 1.165) is 18.7 Å². The van der Waals surface area contributed by atoms with Gasteiger partial charge in [-0.05, 0) is 40.2 Å². The molecule has 0 aliphatic heterocycles. The van der Waals surface area contributed by atoms with Gasteiger partial charge in [-0.2, -0.15) is 0 Å². The van der Waals surface area contributed by atoms with Crippen molar-refractivity contribution in [2.75, 3.05) is 6.54 Å². The zero-order valence-corrected chi connectivity index (χ0v) is 11.9. The predicted octanol–water partition coefficient (Wildman–Crippen LogP) is 3.41. The molecule has 1 unspecified atom stereocenters. The van der Waals surface area contributed by atoms with Gasteiger partial charge in [-0.25, -0.2) is 4.98 Å². The van der Waals surface area contributed by atoms with Crippen LogP contribution in [0, 0.1) is 12.8 Å². The van der Waals surface area contributed by atoms with Crippen molar-refractivity contribution in [3.63, 3.8) is 0 Å². The molecule has 0 saturated heterocycles. The molecule has 0 spiro atoms. The number of aryl methyl sites for hydroxylation is 1. The average Bonchev–Trinajstić information content (AvgIpc) is 2.57. The van der Waals surface area contributed by atoms with Crippen molar-refractivity contribution in [3.8, 4) is 0 Å². The fourth-order valence-electron chi connectivity index (χ4n) is 1.55. The first-order chi connectivity index (χ1) is 7.40. The zero-order chi connectivity index (χ0) is 12.2. The Morgan fingerprint density at radius 3 is 2.56 bits per heavy atom. The van der Waals surface area contributed by atoms with E-state index < -0.39 is 0 Å². The van der Waals surface area contributed by atoms with Crippen molar-refractivity contribution >= 4 is 11.3 Å². The molecule has 0 aliphatic rings. The molecular weight excluding hydrogens is 216 g/mol. The van der Waals surface area contributed by atoms with Crippen LogP contribution < -0.4 is 5.32 Å². The second-order valence-electron chi connectivity index (χ2n) is 5.49. The van der Waals surface area contributed by atoms with Gasteiger partial charge in [-0.15, -0.1) is 11.3 Å². The molecule has 0 amide bonds. The third kappa shape index (κ3) is 5.08. The number of thiazole rings is 1. The maximum Gasteiger partial charge on any atom is 0.0931 e. The molecule has 0 saturated carbocycles. The second-order valence-corrected chi connectivity index (χ2v) is 6.43. The van der Waals surface area contributed by atoms with Gasteiger partial charge >= 0.3 is 0 Å². The zero-order valence-electron chi connectivity index (χ0n) is 11.1. The number of aromatic nitrogens is 1. The highest BCUT2D eigenvalue weighted by atomic mass is 32.1. The molecule has 0 bridgehead atoms. The van der Waals surface area contributed by atoms with Gasteiger partial charge in [0.15, 0.2) is 0 Å². The van der Waals surface area contributed by atoms with Gasteiger partial charge in [0.05, 0.1) is 5.01 Å². The Morgan fingerprint density at radius 1 is 1.44 bits per heavy atom. The van der Waals surface area contributed by atoms with Gasteiger partial charge < -0.3 is 5.32 Å². The van der Waals surface area contributed by atoms with E-state index in [0.29, 0.717) is 5.92 Å². The summed E-state index contributed by atoms with van der Waals surface area (Å²) in [5.74, 6) is 0.699. The van der Waals surface area contributed by atoms with E-state index in [9.17, 15) is 0 Å². The van der Waals surface area contributed by atoms with E-state index in [1.54, 1.807) is 11.3 Å². The number of nitrogens with zero attached hydrogens (tertiary/aromatic N) is 1. The maximum atomic E-state index is 4.53. The van der Waals surface area contributed by atoms with Crippen LogP contribution in [-0.4, -0.2) is 17.1 Å². The maximum absolute atomic E-state index is 4.53. The van der Waals surface area contributed by atoms with Crippen LogP contribution in [0.4, 0.5) is 0 Å². The Morgan fingerprint density at radius 2 is 2.12 bits per heavy atom. The first-order valence-electron chi connectivity index (χ1n) is 6.06. The molecule has 0 radical (unpaired) electrons. The molecule has 2 nitrogen and oxygen atoms in total. The van der Waals surface area contributed by atoms with Crippen molar-refractivity contribution < 1.29 is 0 Å². The van der Waals surface area contributed by atoms with Crippen LogP contribution in [0.3, 0.4) is 0 Å². The molecule has 0 fully saturated rings. The minimum Gasteiger partial charge on any atom is -0.312 e. The lowest BCUT2D eigenvalue weighted by Gasteiger charge is -2.24. The van der Waals surface area contributed by atoms with Crippen LogP contribution in [0.1, 0.15) is 44.8 Å². The Hall–Kier alpha value is -0.410. The highest BCUT2D eigenvalue weighted by molar-refractivity contribution is 7.09. The van der Waals surface area contributed by atoms with Crippen LogP contribution in [0.25, 0.3) is 0 Å². The summed E-state index contributed by atoms with van der Waals surface area (Å²) in [6.07, 6.45) is 2.32. The minimum atomic E-state index is 0.214. The van der Waals surface area contributed by atoms with Crippen molar-refractivity contribution in [1.29, 1.82) is 0 Å². The summed E-state index contributed by atoms with van der Waals surface area (Å²) in [5.41, 5.74) is 1.37. The lowest BCUT2D eigenvalue weighted by Crippen LogP contribution is -2.39. The highest BCUT2D eigenvalue weighted by Crippen LogP contribution is 2.16. The fraction of sp³-hybridized carbons (Fsp3) is 0.769. The first kappa shape index (κ1) is 13.7. The van der Waals surface area contributed by atoms with E-state index in [-0.39, 0.29) is 5.54 Å². The molecule has 0 aliphatic carbocycles. The fourth-order valence-corrected chi connectivity index (χ4v) is 2.44. The summed E-state index contributed by atoms with van der Waals surface area (Å²) in [6.45, 7) is 12.1. The number of hydrogen-bond acceptors (Lipinski definition) is 3. The Balaban J connectivity index is 2.43. The largest absolute Gasteiger partial charge is 0.312 e. The molecule has 3 heteroatoms. The summed E-state index contributed by atoms with van der Waals surface area (Å²) >= 11 is 1.79. The smallest absolute Gasteiger partial charge is 0.0931 e. The van der Waals surface area contributed by atoms with Gasteiger partial charge in [-0.3, -0.25) is 0 Å². The summed E-state index contributed by atoms with van der Waals surface area (Å²) in [5, 5.41) is 6.99. The molecule has 1 aromatic rings. The average molecular weight is 240 g/mol. The van der Waals surface area contributed by atoms with E-state index in [2.05, 4.69) is 50.3 Å². The third-order valence-corrected chi connectivity index (χ3v) is 3.62. The Labute approximate surface area is 103 Å². The van der Waals surface area contributed by atoms with Gasteiger partial charge in [0.25, 0.3) is 0 Å². The Kier molecular flexibility index (Phi) is 4.93. The van der Waals surface area contributed by atoms with Crippen molar-refractivity contribution in [2.24, 2.45) is 5.92 Å².